The fourth-order valence-corrected chi connectivity index (χ4v) is 3.32. The molecule has 0 saturated carbocycles. The first-order valence-corrected chi connectivity index (χ1v) is 8.29. The highest BCUT2D eigenvalue weighted by atomic mass is 16.2. The van der Waals surface area contributed by atoms with Gasteiger partial charge in [-0.3, -0.25) is 9.36 Å². The van der Waals surface area contributed by atoms with Crippen LogP contribution in [0, 0.1) is 0 Å². The van der Waals surface area contributed by atoms with Crippen LogP contribution < -0.4 is 11.4 Å². The molecule has 6 heteroatoms. The third kappa shape index (κ3) is 3.32. The van der Waals surface area contributed by atoms with Crippen molar-refractivity contribution in [3.05, 3.63) is 34.7 Å². The van der Waals surface area contributed by atoms with Gasteiger partial charge in [-0.05, 0) is 38.3 Å². The van der Waals surface area contributed by atoms with Crippen LogP contribution in [0.4, 0.5) is 0 Å². The van der Waals surface area contributed by atoms with Crippen LogP contribution >= 0.6 is 0 Å². The summed E-state index contributed by atoms with van der Waals surface area (Å²) in [5.74, 6) is 0.173. The van der Waals surface area contributed by atoms with Crippen LogP contribution in [0.2, 0.25) is 0 Å². The second kappa shape index (κ2) is 6.58. The summed E-state index contributed by atoms with van der Waals surface area (Å²) in [5, 5.41) is 0. The molecule has 1 aromatic carbocycles. The summed E-state index contributed by atoms with van der Waals surface area (Å²) < 4.78 is 1.85. The van der Waals surface area contributed by atoms with E-state index in [1.807, 2.05) is 40.7 Å². The second-order valence-corrected chi connectivity index (χ2v) is 6.45. The van der Waals surface area contributed by atoms with E-state index < -0.39 is 0 Å². The number of nitrogens with one attached hydrogen (secondary N) is 1. The van der Waals surface area contributed by atoms with E-state index in [9.17, 15) is 9.59 Å². The molecule has 2 aromatic rings. The van der Waals surface area contributed by atoms with Gasteiger partial charge in [0.2, 0.25) is 5.91 Å². The Morgan fingerprint density at radius 1 is 1.35 bits per heavy atom. The number of likely N-dealkylation sites (tertiary alicyclic amines) is 1. The fourth-order valence-electron chi connectivity index (χ4n) is 3.32. The van der Waals surface area contributed by atoms with E-state index in [1.54, 1.807) is 0 Å². The molecule has 2 heterocycles. The third-order valence-electron chi connectivity index (χ3n) is 4.62. The number of H-pyrrole nitrogens is 1. The number of piperidine rings is 1. The average Bonchev–Trinajstić information content (AvgIpc) is 2.88. The Kier molecular flexibility index (Phi) is 4.52. The lowest BCUT2D eigenvalue weighted by Crippen LogP contribution is -2.40. The molecule has 3 rings (SSSR count). The molecule has 1 aliphatic heterocycles. The quantitative estimate of drug-likeness (QED) is 0.899. The van der Waals surface area contributed by atoms with Crippen LogP contribution in [-0.2, 0) is 4.79 Å². The van der Waals surface area contributed by atoms with Gasteiger partial charge in [0.05, 0.1) is 11.0 Å². The SMILES string of the molecule is CC(N)CCC(=O)N1CCC(n2c(=O)[nH]c3ccccc32)CC1. The van der Waals surface area contributed by atoms with Crippen molar-refractivity contribution in [2.75, 3.05) is 13.1 Å². The molecular formula is C17H24N4O2. The van der Waals surface area contributed by atoms with E-state index in [0.29, 0.717) is 19.5 Å². The molecule has 1 atom stereocenters. The van der Waals surface area contributed by atoms with Crippen molar-refractivity contribution in [1.29, 1.82) is 0 Å². The minimum atomic E-state index is -0.0621. The van der Waals surface area contributed by atoms with Crippen molar-refractivity contribution in [2.45, 2.75) is 44.7 Å². The number of rotatable bonds is 4. The Balaban J connectivity index is 1.68. The molecular weight excluding hydrogens is 292 g/mol. The number of aromatic amines is 1. The summed E-state index contributed by atoms with van der Waals surface area (Å²) in [5.41, 5.74) is 7.46. The second-order valence-electron chi connectivity index (χ2n) is 6.45. The first kappa shape index (κ1) is 15.8. The normalized spacial score (nSPS) is 17.6. The van der Waals surface area contributed by atoms with E-state index in [-0.39, 0.29) is 23.7 Å². The summed E-state index contributed by atoms with van der Waals surface area (Å²) in [6, 6.07) is 7.95. The van der Waals surface area contributed by atoms with Crippen LogP contribution in [0.3, 0.4) is 0 Å². The van der Waals surface area contributed by atoms with Crippen molar-refractivity contribution in [3.8, 4) is 0 Å². The first-order chi connectivity index (χ1) is 11.1. The number of para-hydroxylation sites is 2. The molecule has 0 bridgehead atoms. The molecule has 1 fully saturated rings. The van der Waals surface area contributed by atoms with Gasteiger partial charge in [-0.25, -0.2) is 4.79 Å². The standard InChI is InChI=1S/C17H24N4O2/c1-12(18)6-7-16(22)20-10-8-13(9-11-20)21-15-5-3-2-4-14(15)19-17(21)23/h2-5,12-13H,6-11,18H2,1H3,(H,19,23). The summed E-state index contributed by atoms with van der Waals surface area (Å²) in [6.45, 7) is 3.33. The summed E-state index contributed by atoms with van der Waals surface area (Å²) in [6.07, 6.45) is 2.85. The minimum absolute atomic E-state index is 0.0567. The number of aromatic nitrogens is 2. The van der Waals surface area contributed by atoms with E-state index in [0.717, 1.165) is 30.3 Å². The average molecular weight is 316 g/mol. The summed E-state index contributed by atoms with van der Waals surface area (Å²) >= 11 is 0. The van der Waals surface area contributed by atoms with Gasteiger partial charge in [0.25, 0.3) is 0 Å². The monoisotopic (exact) mass is 316 g/mol. The molecule has 1 saturated heterocycles. The molecule has 0 aliphatic carbocycles. The molecule has 23 heavy (non-hydrogen) atoms. The fraction of sp³-hybridized carbons (Fsp3) is 0.529. The van der Waals surface area contributed by atoms with Crippen molar-refractivity contribution in [1.82, 2.24) is 14.5 Å². The number of carbonyl (C=O) groups excluding carboxylic acids is 1. The summed E-state index contributed by atoms with van der Waals surface area (Å²) in [7, 11) is 0. The maximum absolute atomic E-state index is 12.2. The van der Waals surface area contributed by atoms with Crippen LogP contribution in [0.5, 0.6) is 0 Å². The van der Waals surface area contributed by atoms with Gasteiger partial charge in [-0.15, -0.1) is 0 Å². The number of amides is 1. The van der Waals surface area contributed by atoms with Gasteiger partial charge in [0, 0.05) is 31.6 Å². The molecule has 1 amide bonds. The van der Waals surface area contributed by atoms with Gasteiger partial charge < -0.3 is 15.6 Å². The molecule has 0 radical (unpaired) electrons. The van der Waals surface area contributed by atoms with Crippen LogP contribution in [0.1, 0.15) is 38.6 Å². The Morgan fingerprint density at radius 2 is 2.04 bits per heavy atom. The van der Waals surface area contributed by atoms with Crippen LogP contribution in [-0.4, -0.2) is 39.5 Å². The van der Waals surface area contributed by atoms with Crippen molar-refractivity contribution in [2.24, 2.45) is 5.73 Å². The molecule has 6 nitrogen and oxygen atoms in total. The molecule has 0 spiro atoms. The Morgan fingerprint density at radius 3 is 2.74 bits per heavy atom. The lowest BCUT2D eigenvalue weighted by molar-refractivity contribution is -0.132. The number of carbonyl (C=O) groups is 1. The maximum Gasteiger partial charge on any atom is 0.326 e. The number of hydrogen-bond donors (Lipinski definition) is 2. The third-order valence-corrected chi connectivity index (χ3v) is 4.62. The molecule has 1 aromatic heterocycles. The number of imidazole rings is 1. The smallest absolute Gasteiger partial charge is 0.326 e. The predicted molar refractivity (Wildman–Crippen MR) is 90.3 cm³/mol. The highest BCUT2D eigenvalue weighted by Gasteiger charge is 2.25. The highest BCUT2D eigenvalue weighted by Crippen LogP contribution is 2.25. The predicted octanol–water partition coefficient (Wildman–Crippen LogP) is 1.62. The van der Waals surface area contributed by atoms with Gasteiger partial charge in [0.15, 0.2) is 0 Å². The largest absolute Gasteiger partial charge is 0.343 e. The van der Waals surface area contributed by atoms with E-state index in [2.05, 4.69) is 4.98 Å². The van der Waals surface area contributed by atoms with E-state index in [1.165, 1.54) is 0 Å². The lowest BCUT2D eigenvalue weighted by Gasteiger charge is -2.32. The van der Waals surface area contributed by atoms with Gasteiger partial charge in [-0.2, -0.15) is 0 Å². The van der Waals surface area contributed by atoms with Crippen molar-refractivity contribution in [3.63, 3.8) is 0 Å². The van der Waals surface area contributed by atoms with E-state index in [4.69, 9.17) is 5.73 Å². The number of hydrogen-bond acceptors (Lipinski definition) is 3. The number of nitrogens with two attached hydrogens (primary N) is 1. The number of nitrogens with zero attached hydrogens (tertiary/aromatic N) is 2. The topological polar surface area (TPSA) is 84.1 Å². The molecule has 1 aliphatic rings. The van der Waals surface area contributed by atoms with Gasteiger partial charge in [0.1, 0.15) is 0 Å². The first-order valence-electron chi connectivity index (χ1n) is 8.29. The number of fused-ring (bicyclic) bond motifs is 1. The Bertz CT molecular complexity index is 738. The van der Waals surface area contributed by atoms with E-state index >= 15 is 0 Å². The molecule has 1 unspecified atom stereocenters. The molecule has 124 valence electrons. The van der Waals surface area contributed by atoms with Crippen molar-refractivity contribution >= 4 is 16.9 Å². The zero-order chi connectivity index (χ0) is 16.4. The van der Waals surface area contributed by atoms with Gasteiger partial charge in [-0.1, -0.05) is 12.1 Å². The summed E-state index contributed by atoms with van der Waals surface area (Å²) in [4.78, 5) is 29.2. The zero-order valence-electron chi connectivity index (χ0n) is 13.5. The van der Waals surface area contributed by atoms with Crippen molar-refractivity contribution < 1.29 is 4.79 Å². The minimum Gasteiger partial charge on any atom is -0.343 e. The Hall–Kier alpha value is -2.08. The lowest BCUT2D eigenvalue weighted by atomic mass is 10.0. The highest BCUT2D eigenvalue weighted by molar-refractivity contribution is 5.76. The molecule has 3 N–H and O–H groups in total. The maximum atomic E-state index is 12.2. The Labute approximate surface area is 135 Å². The zero-order valence-corrected chi connectivity index (χ0v) is 13.5. The van der Waals surface area contributed by atoms with Crippen LogP contribution in [0.15, 0.2) is 29.1 Å². The number of benzene rings is 1. The van der Waals surface area contributed by atoms with Crippen LogP contribution in [0.25, 0.3) is 11.0 Å². The van der Waals surface area contributed by atoms with Gasteiger partial charge >= 0.3 is 5.69 Å².